The number of rotatable bonds is 2. The molecule has 4 nitrogen and oxygen atoms in total. The van der Waals surface area contributed by atoms with Gasteiger partial charge in [0.1, 0.15) is 5.75 Å². The van der Waals surface area contributed by atoms with Gasteiger partial charge in [-0.1, -0.05) is 38.1 Å². The first kappa shape index (κ1) is 23.5. The van der Waals surface area contributed by atoms with Gasteiger partial charge < -0.3 is 14.7 Å². The maximum Gasteiger partial charge on any atom is 0.573 e. The second kappa shape index (κ2) is 7.87. The van der Waals surface area contributed by atoms with E-state index in [2.05, 4.69) is 24.7 Å². The van der Waals surface area contributed by atoms with Crippen molar-refractivity contribution in [2.45, 2.75) is 64.5 Å². The van der Waals surface area contributed by atoms with Crippen LogP contribution in [0.5, 0.6) is 5.75 Å². The highest BCUT2D eigenvalue weighted by atomic mass is 19.4. The summed E-state index contributed by atoms with van der Waals surface area (Å²) >= 11 is 0. The molecule has 0 radical (unpaired) electrons. The zero-order valence-corrected chi connectivity index (χ0v) is 19.8. The van der Waals surface area contributed by atoms with E-state index in [9.17, 15) is 23.1 Å². The largest absolute Gasteiger partial charge is 0.573 e. The van der Waals surface area contributed by atoms with Crippen molar-refractivity contribution in [1.29, 1.82) is 0 Å². The van der Waals surface area contributed by atoms with E-state index in [0.29, 0.717) is 23.3 Å². The van der Waals surface area contributed by atoms with E-state index >= 15 is 0 Å². The van der Waals surface area contributed by atoms with E-state index in [0.717, 1.165) is 37.7 Å². The molecule has 1 aromatic rings. The molecule has 7 heteroatoms. The number of hydrogen-bond acceptors (Lipinski definition) is 3. The Balaban J connectivity index is 1.43. The Kier molecular flexibility index (Phi) is 5.43. The van der Waals surface area contributed by atoms with Crippen molar-refractivity contribution in [3.8, 4) is 5.75 Å². The molecule has 0 unspecified atom stereocenters. The van der Waals surface area contributed by atoms with Crippen LogP contribution in [0.4, 0.5) is 13.2 Å². The molecular weight excluding hydrogens is 443 g/mol. The normalized spacial score (nSPS) is 40.7. The zero-order chi connectivity index (χ0) is 24.5. The highest BCUT2D eigenvalue weighted by molar-refractivity contribution is 5.89. The van der Waals surface area contributed by atoms with E-state index in [1.807, 2.05) is 18.0 Å². The van der Waals surface area contributed by atoms with Gasteiger partial charge in [-0.25, -0.2) is 0 Å². The Labute approximate surface area is 198 Å². The van der Waals surface area contributed by atoms with E-state index in [1.165, 1.54) is 18.2 Å². The quantitative estimate of drug-likeness (QED) is 0.608. The molecule has 184 valence electrons. The molecule has 3 fully saturated rings. The van der Waals surface area contributed by atoms with Gasteiger partial charge in [-0.15, -0.1) is 13.2 Å². The lowest BCUT2D eigenvalue weighted by atomic mass is 9.48. The number of amides is 1. The minimum absolute atomic E-state index is 0.0693. The van der Waals surface area contributed by atoms with Crippen molar-refractivity contribution in [2.24, 2.45) is 28.6 Å². The first-order valence-electron chi connectivity index (χ1n) is 12.1. The molecule has 0 spiro atoms. The number of aliphatic hydroxyl groups excluding tert-OH is 1. The molecule has 0 saturated heterocycles. The van der Waals surface area contributed by atoms with E-state index in [4.69, 9.17) is 0 Å². The van der Waals surface area contributed by atoms with Crippen molar-refractivity contribution in [2.75, 3.05) is 7.05 Å². The van der Waals surface area contributed by atoms with Crippen LogP contribution in [0.1, 0.15) is 51.5 Å². The summed E-state index contributed by atoms with van der Waals surface area (Å²) in [7, 11) is 1.90. The van der Waals surface area contributed by atoms with E-state index in [1.54, 1.807) is 12.1 Å². The Bertz CT molecular complexity index is 1050. The molecule has 7 atom stereocenters. The standard InChI is InChI=1S/C27H32F3NO3/c1-25-12-10-23(32)31(3)22(25)8-7-19-20(25)9-11-26(2)21(19)15-17(24(26)33)13-16-5-4-6-18(14-16)34-27(28,29)30/h4-6,10,12-14,19-22,24,33H,7-9,11,15H2,1-3H3/t19-,20+,21+,22-,24+,25-,26+/m1/s1. The Morgan fingerprint density at radius 1 is 1.18 bits per heavy atom. The van der Waals surface area contributed by atoms with Crippen molar-refractivity contribution >= 4 is 12.0 Å². The monoisotopic (exact) mass is 475 g/mol. The summed E-state index contributed by atoms with van der Waals surface area (Å²) in [5.41, 5.74) is 1.15. The van der Waals surface area contributed by atoms with Gasteiger partial charge in [-0.05, 0) is 79.2 Å². The summed E-state index contributed by atoms with van der Waals surface area (Å²) < 4.78 is 42.0. The number of benzene rings is 1. The van der Waals surface area contributed by atoms with Gasteiger partial charge in [0.15, 0.2) is 0 Å². The predicted molar refractivity (Wildman–Crippen MR) is 123 cm³/mol. The smallest absolute Gasteiger partial charge is 0.406 e. The Hall–Kier alpha value is -2.28. The number of likely N-dealkylation sites (N-methyl/N-ethyl adjacent to an activating group) is 1. The van der Waals surface area contributed by atoms with Crippen LogP contribution in [-0.2, 0) is 4.79 Å². The van der Waals surface area contributed by atoms with Gasteiger partial charge in [-0.3, -0.25) is 4.79 Å². The van der Waals surface area contributed by atoms with Crippen LogP contribution >= 0.6 is 0 Å². The van der Waals surface area contributed by atoms with Gasteiger partial charge in [0.05, 0.1) is 6.10 Å². The number of ether oxygens (including phenoxy) is 1. The number of aliphatic hydroxyl groups is 1. The number of carbonyl (C=O) groups excluding carboxylic acids is 1. The third-order valence-electron chi connectivity index (χ3n) is 9.44. The van der Waals surface area contributed by atoms with E-state index in [-0.39, 0.29) is 28.5 Å². The zero-order valence-electron chi connectivity index (χ0n) is 19.8. The lowest BCUT2D eigenvalue weighted by Crippen LogP contribution is -2.59. The Morgan fingerprint density at radius 3 is 2.68 bits per heavy atom. The highest BCUT2D eigenvalue weighted by Gasteiger charge is 2.61. The molecular formula is C27H32F3NO3. The summed E-state index contributed by atoms with van der Waals surface area (Å²) in [5.74, 6) is 0.987. The SMILES string of the molecule is CN1C(=O)C=C[C@]2(C)[C@H]3CC[C@]4(C)[C@@H](O)C(=Cc5cccc(OC(F)(F)F)c5)C[C@H]4[C@@H]3CC[C@@H]12. The van der Waals surface area contributed by atoms with Crippen molar-refractivity contribution < 1.29 is 27.8 Å². The highest BCUT2D eigenvalue weighted by Crippen LogP contribution is 2.65. The van der Waals surface area contributed by atoms with Crippen LogP contribution < -0.4 is 4.74 Å². The third-order valence-corrected chi connectivity index (χ3v) is 9.44. The minimum Gasteiger partial charge on any atom is -0.406 e. The molecule has 5 rings (SSSR count). The van der Waals surface area contributed by atoms with Gasteiger partial charge in [-0.2, -0.15) is 0 Å². The molecule has 3 aliphatic carbocycles. The molecule has 1 heterocycles. The van der Waals surface area contributed by atoms with Crippen LogP contribution in [0.15, 0.2) is 42.0 Å². The van der Waals surface area contributed by atoms with Gasteiger partial charge in [0.2, 0.25) is 5.91 Å². The van der Waals surface area contributed by atoms with Crippen molar-refractivity contribution in [3.63, 3.8) is 0 Å². The number of halogens is 3. The fourth-order valence-corrected chi connectivity index (χ4v) is 7.75. The third kappa shape index (κ3) is 3.67. The summed E-state index contributed by atoms with van der Waals surface area (Å²) in [6, 6.07) is 6.13. The predicted octanol–water partition coefficient (Wildman–Crippen LogP) is 5.58. The van der Waals surface area contributed by atoms with Crippen LogP contribution in [0, 0.1) is 28.6 Å². The lowest BCUT2D eigenvalue weighted by molar-refractivity contribution is -0.274. The number of carbonyl (C=O) groups is 1. The summed E-state index contributed by atoms with van der Waals surface area (Å²) in [5, 5.41) is 11.4. The molecule has 1 N–H and O–H groups in total. The van der Waals surface area contributed by atoms with Crippen LogP contribution in [0.2, 0.25) is 0 Å². The Morgan fingerprint density at radius 2 is 1.94 bits per heavy atom. The molecule has 0 aromatic heterocycles. The first-order chi connectivity index (χ1) is 15.9. The molecule has 34 heavy (non-hydrogen) atoms. The molecule has 1 aromatic carbocycles. The second-order valence-electron chi connectivity index (χ2n) is 11.1. The van der Waals surface area contributed by atoms with Gasteiger partial charge >= 0.3 is 6.36 Å². The average Bonchev–Trinajstić information content (AvgIpc) is 3.01. The van der Waals surface area contributed by atoms with Gasteiger partial charge in [0, 0.05) is 23.9 Å². The molecule has 1 amide bonds. The number of hydrogen-bond donors (Lipinski definition) is 1. The fourth-order valence-electron chi connectivity index (χ4n) is 7.75. The van der Waals surface area contributed by atoms with Crippen LogP contribution in [0.3, 0.4) is 0 Å². The number of alkyl halides is 3. The van der Waals surface area contributed by atoms with Crippen molar-refractivity contribution in [3.05, 3.63) is 47.6 Å². The first-order valence-corrected chi connectivity index (χ1v) is 12.1. The molecule has 4 aliphatic rings. The van der Waals surface area contributed by atoms with E-state index < -0.39 is 12.5 Å². The average molecular weight is 476 g/mol. The van der Waals surface area contributed by atoms with Gasteiger partial charge in [0.25, 0.3) is 0 Å². The summed E-state index contributed by atoms with van der Waals surface area (Å²) in [4.78, 5) is 14.2. The summed E-state index contributed by atoms with van der Waals surface area (Å²) in [6.07, 6.45) is 4.92. The molecule has 3 saturated carbocycles. The second-order valence-corrected chi connectivity index (χ2v) is 11.1. The molecule has 0 bridgehead atoms. The maximum atomic E-state index is 12.6. The number of fused-ring (bicyclic) bond motifs is 5. The van der Waals surface area contributed by atoms with Crippen molar-refractivity contribution in [1.82, 2.24) is 4.90 Å². The number of nitrogens with zero attached hydrogens (tertiary/aromatic N) is 1. The molecule has 1 aliphatic heterocycles. The maximum absolute atomic E-state index is 12.6. The minimum atomic E-state index is -4.74. The topological polar surface area (TPSA) is 49.8 Å². The lowest BCUT2D eigenvalue weighted by Gasteiger charge is -2.59. The summed E-state index contributed by atoms with van der Waals surface area (Å²) in [6.45, 7) is 4.45. The van der Waals surface area contributed by atoms with Crippen LogP contribution in [-0.4, -0.2) is 41.5 Å². The van der Waals surface area contributed by atoms with Crippen LogP contribution in [0.25, 0.3) is 6.08 Å². The fraction of sp³-hybridized carbons (Fsp3) is 0.593.